The van der Waals surface area contributed by atoms with Gasteiger partial charge < -0.3 is 14.6 Å². The Kier molecular flexibility index (Phi) is 4.54. The lowest BCUT2D eigenvalue weighted by Crippen LogP contribution is -2.01. The summed E-state index contributed by atoms with van der Waals surface area (Å²) >= 11 is 0. The van der Waals surface area contributed by atoms with Crippen molar-refractivity contribution in [2.24, 2.45) is 0 Å². The molecule has 0 fully saturated rings. The monoisotopic (exact) mass is 222 g/mol. The van der Waals surface area contributed by atoms with Crippen LogP contribution in [0.4, 0.5) is 0 Å². The molecule has 0 atom stereocenters. The van der Waals surface area contributed by atoms with Gasteiger partial charge in [-0.3, -0.25) is 0 Å². The summed E-state index contributed by atoms with van der Waals surface area (Å²) in [5.74, 6) is 0.235. The Morgan fingerprint density at radius 3 is 2.75 bits per heavy atom. The van der Waals surface area contributed by atoms with Crippen LogP contribution in [0.5, 0.6) is 5.75 Å². The molecule has 0 heterocycles. The minimum absolute atomic E-state index is 0.0639. The van der Waals surface area contributed by atoms with E-state index in [4.69, 9.17) is 9.84 Å². The summed E-state index contributed by atoms with van der Waals surface area (Å²) in [6, 6.07) is 4.96. The normalized spacial score (nSPS) is 10.4. The van der Waals surface area contributed by atoms with Crippen molar-refractivity contribution in [3.8, 4) is 5.75 Å². The largest absolute Gasteiger partial charge is 0.496 e. The predicted molar refractivity (Wildman–Crippen MR) is 60.5 cm³/mol. The lowest BCUT2D eigenvalue weighted by atomic mass is 10.1. The summed E-state index contributed by atoms with van der Waals surface area (Å²) in [6.07, 6.45) is 3.25. The second kappa shape index (κ2) is 5.92. The number of ether oxygens (including phenoxy) is 2. The van der Waals surface area contributed by atoms with Crippen LogP contribution in [0.15, 0.2) is 24.3 Å². The lowest BCUT2D eigenvalue weighted by Gasteiger charge is -2.06. The molecule has 0 bridgehead atoms. The highest BCUT2D eigenvalue weighted by Gasteiger charge is 2.08. The number of benzene rings is 1. The zero-order valence-electron chi connectivity index (χ0n) is 9.27. The molecule has 86 valence electrons. The number of hydrogen-bond acceptors (Lipinski definition) is 4. The van der Waals surface area contributed by atoms with Crippen molar-refractivity contribution >= 4 is 12.0 Å². The second-order valence-electron chi connectivity index (χ2n) is 3.03. The highest BCUT2D eigenvalue weighted by Crippen LogP contribution is 2.21. The molecular weight excluding hydrogens is 208 g/mol. The summed E-state index contributed by atoms with van der Waals surface area (Å²) in [7, 11) is 2.87. The maximum absolute atomic E-state index is 11.3. The zero-order valence-corrected chi connectivity index (χ0v) is 9.27. The molecule has 1 aromatic rings. The molecule has 0 amide bonds. The summed E-state index contributed by atoms with van der Waals surface area (Å²) in [4.78, 5) is 11.3. The molecule has 0 saturated carbocycles. The molecule has 16 heavy (non-hydrogen) atoms. The fraction of sp³-hybridized carbons (Fsp3) is 0.250. The van der Waals surface area contributed by atoms with Crippen LogP contribution in [-0.4, -0.2) is 31.9 Å². The van der Waals surface area contributed by atoms with Gasteiger partial charge in [0, 0.05) is 5.56 Å². The van der Waals surface area contributed by atoms with Crippen LogP contribution in [0.1, 0.15) is 15.9 Å². The molecule has 1 N–H and O–H groups in total. The number of hydrogen-bond donors (Lipinski definition) is 1. The summed E-state index contributed by atoms with van der Waals surface area (Å²) in [6.45, 7) is -0.0639. The first kappa shape index (κ1) is 12.3. The van der Waals surface area contributed by atoms with Crippen molar-refractivity contribution in [1.82, 2.24) is 0 Å². The number of rotatable bonds is 4. The number of carbonyl (C=O) groups is 1. The van der Waals surface area contributed by atoms with Crippen LogP contribution in [0.2, 0.25) is 0 Å². The van der Waals surface area contributed by atoms with E-state index in [0.717, 1.165) is 5.56 Å². The molecular formula is C12H14O4. The van der Waals surface area contributed by atoms with E-state index in [0.29, 0.717) is 11.3 Å². The quantitative estimate of drug-likeness (QED) is 0.784. The topological polar surface area (TPSA) is 55.8 Å². The Labute approximate surface area is 94.1 Å². The van der Waals surface area contributed by atoms with Gasteiger partial charge in [0.05, 0.1) is 26.4 Å². The molecule has 4 heteroatoms. The molecule has 0 aliphatic rings. The van der Waals surface area contributed by atoms with Crippen LogP contribution < -0.4 is 4.74 Å². The van der Waals surface area contributed by atoms with Gasteiger partial charge in [-0.05, 0) is 18.2 Å². The number of aliphatic hydroxyl groups excluding tert-OH is 1. The average molecular weight is 222 g/mol. The molecule has 0 unspecified atom stereocenters. The Morgan fingerprint density at radius 2 is 2.19 bits per heavy atom. The summed E-state index contributed by atoms with van der Waals surface area (Å²) < 4.78 is 9.74. The maximum atomic E-state index is 11.3. The lowest BCUT2D eigenvalue weighted by molar-refractivity contribution is 0.0600. The van der Waals surface area contributed by atoms with E-state index >= 15 is 0 Å². The standard InChI is InChI=1S/C12H14O4/c1-15-11-6-5-10(12(14)16-2)8-9(11)4-3-7-13/h3-6,8,13H,7H2,1-2H3. The molecule has 0 aliphatic heterocycles. The fourth-order valence-corrected chi connectivity index (χ4v) is 1.29. The molecule has 0 aromatic heterocycles. The zero-order chi connectivity index (χ0) is 12.0. The van der Waals surface area contributed by atoms with Gasteiger partial charge in [-0.25, -0.2) is 4.79 Å². The Bertz CT molecular complexity index is 396. The number of aliphatic hydroxyl groups is 1. The molecule has 0 radical (unpaired) electrons. The van der Waals surface area contributed by atoms with Crippen LogP contribution in [0.25, 0.3) is 6.08 Å². The van der Waals surface area contributed by atoms with E-state index in [-0.39, 0.29) is 6.61 Å². The first-order valence-corrected chi connectivity index (χ1v) is 4.76. The third-order valence-electron chi connectivity index (χ3n) is 2.05. The molecule has 0 spiro atoms. The van der Waals surface area contributed by atoms with Crippen molar-refractivity contribution in [2.75, 3.05) is 20.8 Å². The second-order valence-corrected chi connectivity index (χ2v) is 3.03. The van der Waals surface area contributed by atoms with Crippen LogP contribution in [0, 0.1) is 0 Å². The third kappa shape index (κ3) is 2.84. The first-order valence-electron chi connectivity index (χ1n) is 4.76. The smallest absolute Gasteiger partial charge is 0.337 e. The minimum Gasteiger partial charge on any atom is -0.496 e. The van der Waals surface area contributed by atoms with Gasteiger partial charge >= 0.3 is 5.97 Å². The van der Waals surface area contributed by atoms with Gasteiger partial charge in [0.1, 0.15) is 5.75 Å². The molecule has 4 nitrogen and oxygen atoms in total. The molecule has 1 rings (SSSR count). The number of carbonyl (C=O) groups excluding carboxylic acids is 1. The van der Waals surface area contributed by atoms with Gasteiger partial charge in [-0.1, -0.05) is 12.2 Å². The van der Waals surface area contributed by atoms with Crippen LogP contribution in [-0.2, 0) is 4.74 Å². The van der Waals surface area contributed by atoms with Crippen LogP contribution in [0.3, 0.4) is 0 Å². The maximum Gasteiger partial charge on any atom is 0.337 e. The summed E-state index contributed by atoms with van der Waals surface area (Å²) in [5, 5.41) is 8.70. The Morgan fingerprint density at radius 1 is 1.44 bits per heavy atom. The molecule has 1 aromatic carbocycles. The van der Waals surface area contributed by atoms with Gasteiger partial charge in [-0.2, -0.15) is 0 Å². The van der Waals surface area contributed by atoms with E-state index < -0.39 is 5.97 Å². The van der Waals surface area contributed by atoms with E-state index in [2.05, 4.69) is 4.74 Å². The summed E-state index contributed by atoms with van der Waals surface area (Å²) in [5.41, 5.74) is 1.17. The van der Waals surface area contributed by atoms with Crippen molar-refractivity contribution in [1.29, 1.82) is 0 Å². The Balaban J connectivity index is 3.10. The van der Waals surface area contributed by atoms with E-state index in [9.17, 15) is 4.79 Å². The van der Waals surface area contributed by atoms with Gasteiger partial charge in [-0.15, -0.1) is 0 Å². The Hall–Kier alpha value is -1.81. The average Bonchev–Trinajstić information content (AvgIpc) is 2.34. The fourth-order valence-electron chi connectivity index (χ4n) is 1.29. The molecule has 0 aliphatic carbocycles. The SMILES string of the molecule is COC(=O)c1ccc(OC)c(C=CCO)c1. The van der Waals surface area contributed by atoms with Crippen molar-refractivity contribution in [2.45, 2.75) is 0 Å². The van der Waals surface area contributed by atoms with Gasteiger partial charge in [0.2, 0.25) is 0 Å². The van der Waals surface area contributed by atoms with Gasteiger partial charge in [0.25, 0.3) is 0 Å². The molecule has 0 saturated heterocycles. The third-order valence-corrected chi connectivity index (χ3v) is 2.05. The highest BCUT2D eigenvalue weighted by atomic mass is 16.5. The van der Waals surface area contributed by atoms with E-state index in [1.54, 1.807) is 37.5 Å². The first-order chi connectivity index (χ1) is 7.72. The van der Waals surface area contributed by atoms with Gasteiger partial charge in [0.15, 0.2) is 0 Å². The van der Waals surface area contributed by atoms with Crippen molar-refractivity contribution in [3.05, 3.63) is 35.4 Å². The van der Waals surface area contributed by atoms with Crippen LogP contribution >= 0.6 is 0 Å². The number of methoxy groups -OCH3 is 2. The van der Waals surface area contributed by atoms with Crippen molar-refractivity contribution < 1.29 is 19.4 Å². The minimum atomic E-state index is -0.402. The van der Waals surface area contributed by atoms with E-state index in [1.165, 1.54) is 7.11 Å². The number of esters is 1. The predicted octanol–water partition coefficient (Wildman–Crippen LogP) is 1.49. The van der Waals surface area contributed by atoms with Crippen molar-refractivity contribution in [3.63, 3.8) is 0 Å². The van der Waals surface area contributed by atoms with E-state index in [1.807, 2.05) is 0 Å². The highest BCUT2D eigenvalue weighted by molar-refractivity contribution is 5.90.